The second-order valence-corrected chi connectivity index (χ2v) is 18.8. The van der Waals surface area contributed by atoms with Crippen molar-refractivity contribution >= 4 is 29.8 Å². The van der Waals surface area contributed by atoms with Crippen LogP contribution in [0, 0.1) is 0 Å². The molecular formula is C40H60O38. The van der Waals surface area contributed by atoms with Crippen LogP contribution in [0.3, 0.4) is 0 Å². The minimum absolute atomic E-state index is 1.27. The highest BCUT2D eigenvalue weighted by molar-refractivity contribution is 5.77. The lowest BCUT2D eigenvalue weighted by Crippen LogP contribution is -2.71. The molecule has 448 valence electrons. The third kappa shape index (κ3) is 12.5. The van der Waals surface area contributed by atoms with Crippen molar-refractivity contribution in [2.45, 2.75) is 196 Å². The zero-order valence-electron chi connectivity index (χ0n) is 39.6. The Morgan fingerprint density at radius 2 is 0.821 bits per heavy atom. The molecule has 0 amide bonds. The van der Waals surface area contributed by atoms with Crippen LogP contribution < -0.4 is 0 Å². The molecule has 0 spiro atoms. The van der Waals surface area contributed by atoms with Crippen molar-refractivity contribution in [3.05, 3.63) is 0 Å². The second-order valence-electron chi connectivity index (χ2n) is 18.8. The zero-order chi connectivity index (χ0) is 58.4. The summed E-state index contributed by atoms with van der Waals surface area (Å²) >= 11 is 0. The molecule has 6 rings (SSSR count). The van der Waals surface area contributed by atoms with Gasteiger partial charge in [0.2, 0.25) is 0 Å². The number of carboxylic acids is 5. The molecule has 0 aliphatic carbocycles. The van der Waals surface area contributed by atoms with Gasteiger partial charge in [0, 0.05) is 12.8 Å². The number of rotatable bonds is 20. The topological polar surface area (TPSA) is 632 Å². The molecule has 78 heavy (non-hydrogen) atoms. The molecule has 0 aromatic rings. The third-order valence-corrected chi connectivity index (χ3v) is 13.6. The largest absolute Gasteiger partial charge is 0.479 e. The molecule has 0 bridgehead atoms. The van der Waals surface area contributed by atoms with Crippen LogP contribution in [0.1, 0.15) is 12.8 Å². The molecule has 6 fully saturated rings. The first-order valence-corrected chi connectivity index (χ1v) is 23.2. The van der Waals surface area contributed by atoms with Gasteiger partial charge in [-0.2, -0.15) is 0 Å². The predicted octanol–water partition coefficient (Wildman–Crippen LogP) is -14.1. The molecule has 6 aliphatic heterocycles. The molecule has 38 heteroatoms. The van der Waals surface area contributed by atoms with E-state index in [0.717, 1.165) is 0 Å². The Kier molecular flexibility index (Phi) is 20.5. The average Bonchev–Trinajstić information content (AvgIpc) is 3.45. The third-order valence-electron chi connectivity index (χ3n) is 13.6. The van der Waals surface area contributed by atoms with Gasteiger partial charge in [0.15, 0.2) is 43.5 Å². The number of hydrogen-bond acceptors (Lipinski definition) is 33. The van der Waals surface area contributed by atoms with Gasteiger partial charge in [-0.15, -0.1) is 0 Å². The Bertz CT molecular complexity index is 2090. The Hall–Kier alpha value is -3.77. The van der Waals surface area contributed by atoms with Gasteiger partial charge in [-0.1, -0.05) is 0 Å². The number of hydrogen-bond donors (Lipinski definition) is 22. The van der Waals surface area contributed by atoms with E-state index in [-0.39, 0.29) is 0 Å². The van der Waals surface area contributed by atoms with E-state index < -0.39 is 246 Å². The van der Waals surface area contributed by atoms with Crippen LogP contribution in [0.5, 0.6) is 0 Å². The number of carbonyl (C=O) groups is 5. The van der Waals surface area contributed by atoms with Crippen molar-refractivity contribution in [3.63, 3.8) is 0 Å². The van der Waals surface area contributed by atoms with E-state index in [2.05, 4.69) is 0 Å². The standard InChI is InChI=1S/C40H60O38/c41-3-6(44)22-26(72-34-21(56)17(52)24(10(5-43)69-34)70-35-19(54)12(47)15(50)28(74-35)31(59)60)9(1-39(67,77-22)37(63)64)76-40(38(65)66)2-8(68-33-18(53)11(46)14(49)27(73-33)30(57)58)25(23(78-40)7(45)4-42)71-36-20(55)13(48)16(51)29(75-36)32(61)62/h6-29,33-36,41-56,67H,1-5H2,(H,57,58)(H,59,60)(H,61,62)(H,63,64)(H,65,66)/t6-,7-,8-,9-,10-,11+,12+,13+,14-,15-,16-,17-,18-,19-,20-,21+,22-,23-,24-,25-,26-,27+,28+,29+,33+,34-,35+,36+,39-,40-/m1/s1. The molecular weight excluding hydrogens is 1090 g/mol. The molecule has 6 saturated heterocycles. The minimum atomic E-state index is -3.71. The molecule has 0 aromatic heterocycles. The molecule has 6 aliphatic rings. The van der Waals surface area contributed by atoms with E-state index in [1.807, 2.05) is 0 Å². The normalized spacial score (nSPS) is 48.1. The van der Waals surface area contributed by atoms with Crippen molar-refractivity contribution < 1.29 is 188 Å². The lowest BCUT2D eigenvalue weighted by molar-refractivity contribution is -0.410. The number of aliphatic hydroxyl groups is 17. The molecule has 6 heterocycles. The van der Waals surface area contributed by atoms with Crippen LogP contribution in [0.4, 0.5) is 0 Å². The Morgan fingerprint density at radius 3 is 1.21 bits per heavy atom. The van der Waals surface area contributed by atoms with Crippen molar-refractivity contribution in [1.29, 1.82) is 0 Å². The maximum absolute atomic E-state index is 13.8. The summed E-state index contributed by atoms with van der Waals surface area (Å²) < 4.78 is 60.5. The SMILES string of the molecule is O=C(O)[C@H]1O[C@H](O[C@@H]2C[C@](O[C@@H]3C[C@](O)(C(=O)O)O[C@H]([C@H](O)CO)[C@@H]3O[C@H]3O[C@H](CO)[C@@H](O[C@H]4O[C@H](C(=O)O)[C@H](O)[C@H](O)[C@H]4O)[C@H](O)[C@@H]3O)(C(=O)O)O[C@H]([C@H](O)CO)[C@@H]2O[C@H]2O[C@H](C(=O)O)[C@H](O)[C@H](O)[C@H]2O)[C@H](O)[C@@H](O)[C@H]1O. The summed E-state index contributed by atoms with van der Waals surface area (Å²) in [6.07, 6.45) is -71.1. The first-order valence-electron chi connectivity index (χ1n) is 23.2. The average molecular weight is 1150 g/mol. The van der Waals surface area contributed by atoms with Crippen LogP contribution in [-0.4, -0.2) is 345 Å². The summed E-state index contributed by atoms with van der Waals surface area (Å²) in [4.78, 5) is 62.2. The van der Waals surface area contributed by atoms with E-state index in [9.17, 15) is 136 Å². The zero-order valence-corrected chi connectivity index (χ0v) is 39.6. The quantitative estimate of drug-likeness (QED) is 0.0538. The van der Waals surface area contributed by atoms with Crippen molar-refractivity contribution in [2.75, 3.05) is 19.8 Å². The highest BCUT2D eigenvalue weighted by Crippen LogP contribution is 2.44. The smallest absolute Gasteiger partial charge is 0.364 e. The molecule has 0 saturated carbocycles. The summed E-state index contributed by atoms with van der Waals surface area (Å²) in [6, 6.07) is 0. The van der Waals surface area contributed by atoms with Gasteiger partial charge >= 0.3 is 29.8 Å². The molecule has 30 atom stereocenters. The molecule has 0 unspecified atom stereocenters. The lowest BCUT2D eigenvalue weighted by atomic mass is 9.89. The van der Waals surface area contributed by atoms with Gasteiger partial charge in [-0.25, -0.2) is 24.0 Å². The highest BCUT2D eigenvalue weighted by Gasteiger charge is 2.64. The Labute approximate surface area is 433 Å². The summed E-state index contributed by atoms with van der Waals surface area (Å²) in [5, 5.41) is 232. The van der Waals surface area contributed by atoms with Gasteiger partial charge in [0.1, 0.15) is 116 Å². The van der Waals surface area contributed by atoms with Crippen LogP contribution >= 0.6 is 0 Å². The molecule has 22 N–H and O–H groups in total. The summed E-state index contributed by atoms with van der Waals surface area (Å²) in [5.74, 6) is -18.0. The van der Waals surface area contributed by atoms with Crippen molar-refractivity contribution in [1.82, 2.24) is 0 Å². The number of aliphatic carboxylic acids is 5. The highest BCUT2D eigenvalue weighted by atomic mass is 16.8. The number of ether oxygens (including phenoxy) is 11. The van der Waals surface area contributed by atoms with Crippen LogP contribution in [0.15, 0.2) is 0 Å². The van der Waals surface area contributed by atoms with Gasteiger partial charge in [0.05, 0.1) is 32.0 Å². The van der Waals surface area contributed by atoms with Gasteiger partial charge in [-0.05, 0) is 0 Å². The first-order chi connectivity index (χ1) is 36.4. The summed E-state index contributed by atoms with van der Waals surface area (Å²) in [7, 11) is 0. The maximum atomic E-state index is 13.8. The first kappa shape index (κ1) is 63.4. The number of aliphatic hydroxyl groups excluding tert-OH is 16. The maximum Gasteiger partial charge on any atom is 0.364 e. The summed E-state index contributed by atoms with van der Waals surface area (Å²) in [5.41, 5.74) is 0. The van der Waals surface area contributed by atoms with E-state index in [4.69, 9.17) is 52.1 Å². The fourth-order valence-electron chi connectivity index (χ4n) is 9.35. The summed E-state index contributed by atoms with van der Waals surface area (Å²) in [6.45, 7) is -4.23. The van der Waals surface area contributed by atoms with Crippen LogP contribution in [-0.2, 0) is 76.1 Å². The fraction of sp³-hybridized carbons (Fsp3) is 0.875. The van der Waals surface area contributed by atoms with E-state index in [0.29, 0.717) is 0 Å². The van der Waals surface area contributed by atoms with Crippen molar-refractivity contribution in [2.24, 2.45) is 0 Å². The van der Waals surface area contributed by atoms with Crippen molar-refractivity contribution in [3.8, 4) is 0 Å². The van der Waals surface area contributed by atoms with Crippen LogP contribution in [0.25, 0.3) is 0 Å². The monoisotopic (exact) mass is 1150 g/mol. The van der Waals surface area contributed by atoms with Gasteiger partial charge < -0.3 is 164 Å². The second kappa shape index (κ2) is 25.2. The fourth-order valence-corrected chi connectivity index (χ4v) is 9.35. The van der Waals surface area contributed by atoms with Crippen LogP contribution in [0.2, 0.25) is 0 Å². The number of carboxylic acid groups (broad SMARTS) is 5. The molecule has 38 nitrogen and oxygen atoms in total. The van der Waals surface area contributed by atoms with E-state index >= 15 is 0 Å². The van der Waals surface area contributed by atoms with Gasteiger partial charge in [-0.3, -0.25) is 0 Å². The Morgan fingerprint density at radius 1 is 0.449 bits per heavy atom. The van der Waals surface area contributed by atoms with E-state index in [1.54, 1.807) is 0 Å². The predicted molar refractivity (Wildman–Crippen MR) is 223 cm³/mol. The molecule has 0 radical (unpaired) electrons. The molecule has 0 aromatic carbocycles. The minimum Gasteiger partial charge on any atom is -0.479 e. The lowest BCUT2D eigenvalue weighted by Gasteiger charge is -2.53. The van der Waals surface area contributed by atoms with E-state index in [1.165, 1.54) is 0 Å². The Balaban J connectivity index is 1.42. The van der Waals surface area contributed by atoms with Gasteiger partial charge in [0.25, 0.3) is 11.6 Å².